The van der Waals surface area contributed by atoms with Crippen LogP contribution in [-0.2, 0) is 0 Å². The lowest BCUT2D eigenvalue weighted by atomic mass is 9.99. The van der Waals surface area contributed by atoms with Crippen LogP contribution in [0.1, 0.15) is 5.56 Å². The van der Waals surface area contributed by atoms with Gasteiger partial charge in [-0.3, -0.25) is 0 Å². The average Bonchev–Trinajstić information content (AvgIpc) is 3.01. The van der Waals surface area contributed by atoms with Gasteiger partial charge in [-0.15, -0.1) is 0 Å². The van der Waals surface area contributed by atoms with Gasteiger partial charge in [0.1, 0.15) is 11.2 Å². The highest BCUT2D eigenvalue weighted by Crippen LogP contribution is 2.34. The molecule has 24 heavy (non-hydrogen) atoms. The molecule has 0 aliphatic heterocycles. The first-order valence-corrected chi connectivity index (χ1v) is 8.21. The molecule has 0 unspecified atom stereocenters. The Balaban J connectivity index is 1.76. The highest BCUT2D eigenvalue weighted by atomic mass is 16.3. The van der Waals surface area contributed by atoms with Crippen molar-refractivity contribution in [3.63, 3.8) is 0 Å². The zero-order valence-electron chi connectivity index (χ0n) is 13.4. The van der Waals surface area contributed by atoms with E-state index in [0.717, 1.165) is 11.2 Å². The lowest BCUT2D eigenvalue weighted by Gasteiger charge is -2.04. The minimum absolute atomic E-state index is 0.948. The highest BCUT2D eigenvalue weighted by molar-refractivity contribution is 6.07. The summed E-state index contributed by atoms with van der Waals surface area (Å²) in [5, 5.41) is 4.90. The van der Waals surface area contributed by atoms with Crippen molar-refractivity contribution in [3.05, 3.63) is 84.4 Å². The normalized spacial score (nSPS) is 11.5. The zero-order chi connectivity index (χ0) is 16.1. The highest BCUT2D eigenvalue weighted by Gasteiger charge is 2.10. The molecule has 0 spiro atoms. The molecule has 0 saturated heterocycles. The van der Waals surface area contributed by atoms with Crippen molar-refractivity contribution < 1.29 is 4.42 Å². The van der Waals surface area contributed by atoms with Crippen LogP contribution in [-0.4, -0.2) is 0 Å². The molecule has 0 aliphatic carbocycles. The summed E-state index contributed by atoms with van der Waals surface area (Å²) < 4.78 is 6.04. The molecule has 0 N–H and O–H groups in total. The Morgan fingerprint density at radius 3 is 2.33 bits per heavy atom. The summed E-state index contributed by atoms with van der Waals surface area (Å²) in [6.07, 6.45) is 0. The molecule has 0 radical (unpaired) electrons. The summed E-state index contributed by atoms with van der Waals surface area (Å²) in [4.78, 5) is 0. The third-order valence-corrected chi connectivity index (χ3v) is 4.78. The molecule has 5 aromatic rings. The maximum atomic E-state index is 6.04. The van der Waals surface area contributed by atoms with E-state index in [1.807, 2.05) is 0 Å². The van der Waals surface area contributed by atoms with E-state index in [0.29, 0.717) is 0 Å². The van der Waals surface area contributed by atoms with Gasteiger partial charge in [-0.05, 0) is 52.6 Å². The van der Waals surface area contributed by atoms with Crippen LogP contribution < -0.4 is 0 Å². The second-order valence-corrected chi connectivity index (χ2v) is 6.33. The largest absolute Gasteiger partial charge is 0.456 e. The third kappa shape index (κ3) is 1.95. The molecular formula is C23H16O. The lowest BCUT2D eigenvalue weighted by molar-refractivity contribution is 0.666. The molecule has 0 saturated carbocycles. The van der Waals surface area contributed by atoms with E-state index >= 15 is 0 Å². The van der Waals surface area contributed by atoms with Crippen LogP contribution >= 0.6 is 0 Å². The quantitative estimate of drug-likeness (QED) is 0.335. The van der Waals surface area contributed by atoms with E-state index in [2.05, 4.69) is 85.8 Å². The number of furan rings is 1. The van der Waals surface area contributed by atoms with Gasteiger partial charge in [0.05, 0.1) is 0 Å². The third-order valence-electron chi connectivity index (χ3n) is 4.78. The van der Waals surface area contributed by atoms with Crippen LogP contribution in [0, 0.1) is 6.92 Å². The van der Waals surface area contributed by atoms with Gasteiger partial charge in [0.25, 0.3) is 0 Å². The van der Waals surface area contributed by atoms with E-state index < -0.39 is 0 Å². The first-order valence-electron chi connectivity index (χ1n) is 8.21. The minimum Gasteiger partial charge on any atom is -0.456 e. The number of benzene rings is 4. The number of hydrogen-bond donors (Lipinski definition) is 0. The zero-order valence-corrected chi connectivity index (χ0v) is 13.4. The van der Waals surface area contributed by atoms with Crippen LogP contribution in [0.5, 0.6) is 0 Å². The van der Waals surface area contributed by atoms with E-state index in [9.17, 15) is 0 Å². The molecule has 1 aromatic heterocycles. The predicted molar refractivity (Wildman–Crippen MR) is 101 cm³/mol. The van der Waals surface area contributed by atoms with Crippen molar-refractivity contribution in [1.29, 1.82) is 0 Å². The Morgan fingerprint density at radius 2 is 1.42 bits per heavy atom. The number of aryl methyl sites for hydroxylation is 1. The standard InChI is InChI=1S/C23H16O/c1-15-5-4-8-20-21-14-19(11-12-22(21)24-23(15)20)18-10-9-16-6-2-3-7-17(16)13-18/h2-14H,1H3. The maximum Gasteiger partial charge on any atom is 0.138 e. The molecule has 0 bridgehead atoms. The van der Waals surface area contributed by atoms with Gasteiger partial charge in [0, 0.05) is 10.8 Å². The van der Waals surface area contributed by atoms with Crippen molar-refractivity contribution in [3.8, 4) is 11.1 Å². The summed E-state index contributed by atoms with van der Waals surface area (Å²) in [5.74, 6) is 0. The number of fused-ring (bicyclic) bond motifs is 4. The summed E-state index contributed by atoms with van der Waals surface area (Å²) in [5.41, 5.74) is 5.57. The Labute approximate surface area is 140 Å². The van der Waals surface area contributed by atoms with E-state index in [-0.39, 0.29) is 0 Å². The predicted octanol–water partition coefficient (Wildman–Crippen LogP) is 6.71. The smallest absolute Gasteiger partial charge is 0.138 e. The van der Waals surface area contributed by atoms with Crippen LogP contribution in [0.4, 0.5) is 0 Å². The Morgan fingerprint density at radius 1 is 0.625 bits per heavy atom. The SMILES string of the molecule is Cc1cccc2c1oc1ccc(-c3ccc4ccccc4c3)cc12. The number of hydrogen-bond acceptors (Lipinski definition) is 1. The van der Waals surface area contributed by atoms with Crippen LogP contribution in [0.25, 0.3) is 43.8 Å². The van der Waals surface area contributed by atoms with E-state index in [4.69, 9.17) is 4.42 Å². The summed E-state index contributed by atoms with van der Waals surface area (Å²) in [6, 6.07) is 27.9. The second-order valence-electron chi connectivity index (χ2n) is 6.33. The Bertz CT molecular complexity index is 1210. The molecule has 1 heterocycles. The first kappa shape index (κ1) is 13.4. The number of para-hydroxylation sites is 1. The molecule has 1 heteroatoms. The van der Waals surface area contributed by atoms with Crippen LogP contribution in [0.2, 0.25) is 0 Å². The van der Waals surface area contributed by atoms with Gasteiger partial charge >= 0.3 is 0 Å². The van der Waals surface area contributed by atoms with Crippen molar-refractivity contribution in [1.82, 2.24) is 0 Å². The van der Waals surface area contributed by atoms with Crippen LogP contribution in [0.15, 0.2) is 83.3 Å². The van der Waals surface area contributed by atoms with Crippen molar-refractivity contribution in [2.45, 2.75) is 6.92 Å². The van der Waals surface area contributed by atoms with Gasteiger partial charge in [-0.25, -0.2) is 0 Å². The summed E-state index contributed by atoms with van der Waals surface area (Å²) in [7, 11) is 0. The lowest BCUT2D eigenvalue weighted by Crippen LogP contribution is -1.79. The van der Waals surface area contributed by atoms with Gasteiger partial charge in [0.15, 0.2) is 0 Å². The van der Waals surface area contributed by atoms with Gasteiger partial charge < -0.3 is 4.42 Å². The van der Waals surface area contributed by atoms with Gasteiger partial charge in [-0.1, -0.05) is 60.7 Å². The van der Waals surface area contributed by atoms with Crippen molar-refractivity contribution >= 4 is 32.7 Å². The van der Waals surface area contributed by atoms with E-state index in [1.54, 1.807) is 0 Å². The summed E-state index contributed by atoms with van der Waals surface area (Å²) in [6.45, 7) is 2.09. The minimum atomic E-state index is 0.948. The first-order chi connectivity index (χ1) is 11.8. The molecular weight excluding hydrogens is 292 g/mol. The monoisotopic (exact) mass is 308 g/mol. The fourth-order valence-corrected chi connectivity index (χ4v) is 3.49. The average molecular weight is 308 g/mol. The molecule has 5 rings (SSSR count). The van der Waals surface area contributed by atoms with E-state index in [1.165, 1.54) is 38.2 Å². The van der Waals surface area contributed by atoms with Gasteiger partial charge in [-0.2, -0.15) is 0 Å². The number of rotatable bonds is 1. The van der Waals surface area contributed by atoms with Crippen molar-refractivity contribution in [2.75, 3.05) is 0 Å². The fourth-order valence-electron chi connectivity index (χ4n) is 3.49. The molecule has 114 valence electrons. The maximum absolute atomic E-state index is 6.04. The molecule has 0 aliphatic rings. The van der Waals surface area contributed by atoms with Crippen LogP contribution in [0.3, 0.4) is 0 Å². The molecule has 0 atom stereocenters. The second kappa shape index (κ2) is 4.97. The summed E-state index contributed by atoms with van der Waals surface area (Å²) >= 11 is 0. The molecule has 0 fully saturated rings. The molecule has 0 amide bonds. The molecule has 4 aromatic carbocycles. The Hall–Kier alpha value is -3.06. The Kier molecular flexibility index (Phi) is 2.77. The van der Waals surface area contributed by atoms with Gasteiger partial charge in [0.2, 0.25) is 0 Å². The fraction of sp³-hybridized carbons (Fsp3) is 0.0435. The topological polar surface area (TPSA) is 13.1 Å². The van der Waals surface area contributed by atoms with Crippen molar-refractivity contribution in [2.24, 2.45) is 0 Å². The molecule has 1 nitrogen and oxygen atoms in total.